The van der Waals surface area contributed by atoms with E-state index in [2.05, 4.69) is 50.3 Å². The van der Waals surface area contributed by atoms with Gasteiger partial charge in [0, 0.05) is 12.8 Å². The summed E-state index contributed by atoms with van der Waals surface area (Å²) in [6, 6.07) is 0. The van der Waals surface area contributed by atoms with Crippen LogP contribution in [0.4, 0.5) is 0 Å². The molecule has 0 aromatic carbocycles. The van der Waals surface area contributed by atoms with Crippen LogP contribution in [0.1, 0.15) is 181 Å². The molecule has 0 amide bonds. The van der Waals surface area contributed by atoms with Crippen molar-refractivity contribution in [3.05, 3.63) is 36.5 Å². The topological polar surface area (TPSA) is 111 Å². The molecule has 0 fully saturated rings. The van der Waals surface area contributed by atoms with Gasteiger partial charge >= 0.3 is 11.9 Å². The average Bonchev–Trinajstić information content (AvgIpc) is 3.12. The van der Waals surface area contributed by atoms with E-state index >= 15 is 0 Å². The highest BCUT2D eigenvalue weighted by molar-refractivity contribution is 7.45. The SMILES string of the molecule is CCCCCCCC/C=C\C/C=C\CCCCC(=O)OC(COC(=O)CCCCCCC/C=C\CCCCCCCC)COP(=O)([O-])OCC[N+](C)(C)C. The van der Waals surface area contributed by atoms with Crippen molar-refractivity contribution in [2.45, 2.75) is 187 Å². The molecule has 0 aliphatic carbocycles. The molecule has 0 heterocycles. The lowest BCUT2D eigenvalue weighted by atomic mass is 10.1. The minimum Gasteiger partial charge on any atom is -0.756 e. The van der Waals surface area contributed by atoms with Gasteiger partial charge < -0.3 is 27.9 Å². The van der Waals surface area contributed by atoms with Crippen LogP contribution in [0.25, 0.3) is 0 Å². The number of allylic oxidation sites excluding steroid dienone is 6. The molecule has 54 heavy (non-hydrogen) atoms. The molecule has 0 saturated heterocycles. The zero-order valence-corrected chi connectivity index (χ0v) is 36.3. The fourth-order valence-corrected chi connectivity index (χ4v) is 6.41. The van der Waals surface area contributed by atoms with E-state index in [4.69, 9.17) is 18.5 Å². The maximum atomic E-state index is 12.6. The van der Waals surface area contributed by atoms with Crippen molar-refractivity contribution >= 4 is 19.8 Å². The number of carbonyl (C=O) groups excluding carboxylic acids is 2. The molecule has 0 aliphatic rings. The first kappa shape index (κ1) is 52.2. The Morgan fingerprint density at radius 1 is 0.574 bits per heavy atom. The van der Waals surface area contributed by atoms with Crippen LogP contribution in [-0.4, -0.2) is 70.0 Å². The van der Waals surface area contributed by atoms with Crippen LogP contribution in [0.3, 0.4) is 0 Å². The summed E-state index contributed by atoms with van der Waals surface area (Å²) < 4.78 is 33.8. The molecule has 0 aromatic rings. The maximum Gasteiger partial charge on any atom is 0.306 e. The van der Waals surface area contributed by atoms with Crippen LogP contribution in [-0.2, 0) is 32.7 Å². The summed E-state index contributed by atoms with van der Waals surface area (Å²) >= 11 is 0. The smallest absolute Gasteiger partial charge is 0.306 e. The van der Waals surface area contributed by atoms with E-state index in [1.54, 1.807) is 0 Å². The zero-order chi connectivity index (χ0) is 40.0. The van der Waals surface area contributed by atoms with Gasteiger partial charge in [0.15, 0.2) is 6.10 Å². The van der Waals surface area contributed by atoms with Crippen molar-refractivity contribution in [3.63, 3.8) is 0 Å². The van der Waals surface area contributed by atoms with Gasteiger partial charge in [0.25, 0.3) is 7.82 Å². The summed E-state index contributed by atoms with van der Waals surface area (Å²) in [5, 5.41) is 0. The monoisotopic (exact) mass is 784 g/mol. The second-order valence-electron chi connectivity index (χ2n) is 15.7. The van der Waals surface area contributed by atoms with Crippen LogP contribution in [0.2, 0.25) is 0 Å². The van der Waals surface area contributed by atoms with Crippen molar-refractivity contribution in [3.8, 4) is 0 Å². The largest absolute Gasteiger partial charge is 0.756 e. The molecular weight excluding hydrogens is 701 g/mol. The van der Waals surface area contributed by atoms with Crippen LogP contribution >= 0.6 is 7.82 Å². The third kappa shape index (κ3) is 39.9. The predicted octanol–water partition coefficient (Wildman–Crippen LogP) is 11.5. The van der Waals surface area contributed by atoms with Gasteiger partial charge in [-0.25, -0.2) is 0 Å². The summed E-state index contributed by atoms with van der Waals surface area (Å²) in [7, 11) is 1.14. The molecule has 2 unspecified atom stereocenters. The normalized spacial score (nSPS) is 14.0. The molecular formula is C44H82NO8P. The Morgan fingerprint density at radius 2 is 1.00 bits per heavy atom. The Morgan fingerprint density at radius 3 is 1.52 bits per heavy atom. The van der Waals surface area contributed by atoms with Crippen LogP contribution in [0, 0.1) is 0 Å². The standard InChI is InChI=1S/C44H82NO8P/c1-6-8-10-12-14-16-18-20-22-24-26-28-30-32-34-36-43(46)50-40-42(41-52-54(48,49)51-39-38-45(3,4)5)53-44(47)37-35-33-31-29-27-25-23-21-19-17-15-13-11-9-7-2/h20-23,27,29,42H,6-19,24-26,28,30-41H2,1-5H3/b22-20-,23-21-,29-27-. The van der Waals surface area contributed by atoms with Crippen molar-refractivity contribution in [1.82, 2.24) is 0 Å². The number of esters is 2. The van der Waals surface area contributed by atoms with E-state index in [-0.39, 0.29) is 26.1 Å². The number of hydrogen-bond donors (Lipinski definition) is 0. The molecule has 0 radical (unpaired) electrons. The maximum absolute atomic E-state index is 12.6. The van der Waals surface area contributed by atoms with E-state index < -0.39 is 32.5 Å². The lowest BCUT2D eigenvalue weighted by Gasteiger charge is -2.28. The molecule has 10 heteroatoms. The molecule has 0 saturated carbocycles. The third-order valence-corrected chi connectivity index (χ3v) is 10.1. The number of likely N-dealkylation sites (N-methyl/N-ethyl adjacent to an activating group) is 1. The van der Waals surface area contributed by atoms with E-state index in [0.29, 0.717) is 23.9 Å². The Labute approximate surface area is 331 Å². The number of phosphoric ester groups is 1. The first-order valence-electron chi connectivity index (χ1n) is 21.7. The van der Waals surface area contributed by atoms with Gasteiger partial charge in [-0.2, -0.15) is 0 Å². The van der Waals surface area contributed by atoms with Crippen LogP contribution < -0.4 is 4.89 Å². The average molecular weight is 784 g/mol. The second-order valence-corrected chi connectivity index (χ2v) is 17.1. The summed E-state index contributed by atoms with van der Waals surface area (Å²) in [6.07, 6.45) is 40.3. The van der Waals surface area contributed by atoms with Crippen LogP contribution in [0.15, 0.2) is 36.5 Å². The number of hydrogen-bond acceptors (Lipinski definition) is 8. The molecule has 0 aliphatic heterocycles. The summed E-state index contributed by atoms with van der Waals surface area (Å²) in [5.41, 5.74) is 0. The van der Waals surface area contributed by atoms with Gasteiger partial charge in [-0.15, -0.1) is 0 Å². The van der Waals surface area contributed by atoms with Crippen molar-refractivity contribution < 1.29 is 42.1 Å². The van der Waals surface area contributed by atoms with Gasteiger partial charge in [0.2, 0.25) is 0 Å². The van der Waals surface area contributed by atoms with E-state index in [9.17, 15) is 19.0 Å². The molecule has 0 aromatic heterocycles. The Bertz CT molecular complexity index is 1020. The summed E-state index contributed by atoms with van der Waals surface area (Å²) in [4.78, 5) is 37.5. The van der Waals surface area contributed by atoms with E-state index in [1.807, 2.05) is 21.1 Å². The molecule has 2 atom stereocenters. The van der Waals surface area contributed by atoms with Gasteiger partial charge in [-0.1, -0.05) is 134 Å². The molecule has 9 nitrogen and oxygen atoms in total. The number of carbonyl (C=O) groups is 2. The molecule has 0 spiro atoms. The van der Waals surface area contributed by atoms with Gasteiger partial charge in [0.05, 0.1) is 27.7 Å². The minimum atomic E-state index is -4.63. The highest BCUT2D eigenvalue weighted by Crippen LogP contribution is 2.38. The number of phosphoric acid groups is 1. The third-order valence-electron chi connectivity index (χ3n) is 9.13. The highest BCUT2D eigenvalue weighted by Gasteiger charge is 2.21. The first-order chi connectivity index (χ1) is 26.0. The highest BCUT2D eigenvalue weighted by atomic mass is 31.2. The van der Waals surface area contributed by atoms with Gasteiger partial charge in [-0.3, -0.25) is 14.2 Å². The Hall–Kier alpha value is -1.77. The summed E-state index contributed by atoms with van der Waals surface area (Å²) in [5.74, 6) is -0.882. The number of rotatable bonds is 39. The van der Waals surface area contributed by atoms with Gasteiger partial charge in [0.1, 0.15) is 19.8 Å². The minimum absolute atomic E-state index is 0.0381. The van der Waals surface area contributed by atoms with E-state index in [0.717, 1.165) is 57.8 Å². The lowest BCUT2D eigenvalue weighted by Crippen LogP contribution is -2.37. The Balaban J connectivity index is 4.44. The Kier molecular flexibility index (Phi) is 35.6. The molecule has 0 N–H and O–H groups in total. The fraction of sp³-hybridized carbons (Fsp3) is 0.818. The van der Waals surface area contributed by atoms with Crippen molar-refractivity contribution in [2.24, 2.45) is 0 Å². The quantitative estimate of drug-likeness (QED) is 0.0199. The predicted molar refractivity (Wildman–Crippen MR) is 222 cm³/mol. The lowest BCUT2D eigenvalue weighted by molar-refractivity contribution is -0.870. The number of ether oxygens (including phenoxy) is 2. The van der Waals surface area contributed by atoms with Crippen molar-refractivity contribution in [2.75, 3.05) is 47.5 Å². The number of unbranched alkanes of at least 4 members (excludes halogenated alkanes) is 19. The number of nitrogens with zero attached hydrogens (tertiary/aromatic N) is 1. The van der Waals surface area contributed by atoms with E-state index in [1.165, 1.54) is 83.5 Å². The second kappa shape index (κ2) is 36.8. The van der Waals surface area contributed by atoms with Crippen molar-refractivity contribution in [1.29, 1.82) is 0 Å². The fourth-order valence-electron chi connectivity index (χ4n) is 5.68. The van der Waals surface area contributed by atoms with Gasteiger partial charge in [-0.05, 0) is 70.6 Å². The molecule has 316 valence electrons. The van der Waals surface area contributed by atoms with Crippen LogP contribution in [0.5, 0.6) is 0 Å². The molecule has 0 rings (SSSR count). The number of quaternary nitrogens is 1. The first-order valence-corrected chi connectivity index (χ1v) is 23.2. The molecule has 0 bridgehead atoms. The zero-order valence-electron chi connectivity index (χ0n) is 35.4. The summed E-state index contributed by atoms with van der Waals surface area (Å²) in [6.45, 7) is 4.16.